The Bertz CT molecular complexity index is 540. The Morgan fingerprint density at radius 2 is 2.04 bits per heavy atom. The SMILES string of the molecule is C=CCCOC(C)C(=O)N(CCOC)C1C(=O)NC(=O)N(CC(C)C)C1N. The van der Waals surface area contributed by atoms with Crippen LogP contribution in [0.2, 0.25) is 0 Å². The highest BCUT2D eigenvalue weighted by Crippen LogP contribution is 2.17. The second kappa shape index (κ2) is 11.0. The van der Waals surface area contributed by atoms with E-state index >= 15 is 0 Å². The molecule has 0 aromatic heterocycles. The maximum Gasteiger partial charge on any atom is 0.325 e. The number of nitrogens with two attached hydrogens (primary N) is 1. The molecule has 1 heterocycles. The second-order valence-corrected chi connectivity index (χ2v) is 6.89. The van der Waals surface area contributed by atoms with E-state index in [1.54, 1.807) is 13.0 Å². The van der Waals surface area contributed by atoms with Crippen LogP contribution in [0.15, 0.2) is 12.7 Å². The van der Waals surface area contributed by atoms with Gasteiger partial charge in [0.25, 0.3) is 11.8 Å². The van der Waals surface area contributed by atoms with Crippen molar-refractivity contribution >= 4 is 17.8 Å². The molecule has 1 aliphatic rings. The van der Waals surface area contributed by atoms with Crippen LogP contribution in [0.4, 0.5) is 4.79 Å². The highest BCUT2D eigenvalue weighted by Gasteiger charge is 2.45. The molecule has 3 atom stereocenters. The highest BCUT2D eigenvalue weighted by atomic mass is 16.5. The molecule has 9 nitrogen and oxygen atoms in total. The number of carbonyl (C=O) groups excluding carboxylic acids is 3. The lowest BCUT2D eigenvalue weighted by Gasteiger charge is -2.43. The molecule has 0 aromatic carbocycles. The second-order valence-electron chi connectivity index (χ2n) is 6.89. The number of ether oxygens (including phenoxy) is 2. The Kier molecular flexibility index (Phi) is 9.40. The standard InChI is InChI=1S/C18H32N4O5/c1-6-7-9-27-13(4)17(24)21(8-10-26-5)14-15(19)22(11-12(2)3)18(25)20-16(14)23/h6,12-15H,1,7-11,19H2,2-5H3,(H,20,23,25). The van der Waals surface area contributed by atoms with E-state index in [4.69, 9.17) is 15.2 Å². The van der Waals surface area contributed by atoms with Gasteiger partial charge in [0.15, 0.2) is 0 Å². The van der Waals surface area contributed by atoms with Crippen molar-refractivity contribution in [2.75, 3.05) is 33.4 Å². The molecule has 0 bridgehead atoms. The first-order valence-electron chi connectivity index (χ1n) is 9.13. The normalized spacial score (nSPS) is 21.2. The summed E-state index contributed by atoms with van der Waals surface area (Å²) in [6.07, 6.45) is 0.586. The minimum atomic E-state index is -1.02. The van der Waals surface area contributed by atoms with E-state index in [1.807, 2.05) is 13.8 Å². The number of urea groups is 1. The topological polar surface area (TPSA) is 114 Å². The van der Waals surface area contributed by atoms with Crippen LogP contribution < -0.4 is 11.1 Å². The fourth-order valence-corrected chi connectivity index (χ4v) is 2.84. The summed E-state index contributed by atoms with van der Waals surface area (Å²) in [5, 5.41) is 2.30. The highest BCUT2D eigenvalue weighted by molar-refractivity contribution is 6.02. The molecule has 0 radical (unpaired) electrons. The Morgan fingerprint density at radius 3 is 2.59 bits per heavy atom. The predicted octanol–water partition coefficient (Wildman–Crippen LogP) is 0.304. The number of nitrogens with zero attached hydrogens (tertiary/aromatic N) is 2. The van der Waals surface area contributed by atoms with Crippen molar-refractivity contribution in [1.29, 1.82) is 0 Å². The molecule has 0 aliphatic carbocycles. The summed E-state index contributed by atoms with van der Waals surface area (Å²) in [4.78, 5) is 40.3. The molecule has 27 heavy (non-hydrogen) atoms. The van der Waals surface area contributed by atoms with Gasteiger partial charge in [-0.05, 0) is 19.3 Å². The molecule has 154 valence electrons. The smallest absolute Gasteiger partial charge is 0.325 e. The van der Waals surface area contributed by atoms with Gasteiger partial charge in [0.2, 0.25) is 0 Å². The van der Waals surface area contributed by atoms with Gasteiger partial charge >= 0.3 is 6.03 Å². The van der Waals surface area contributed by atoms with Crippen LogP contribution in [0.25, 0.3) is 0 Å². The molecule has 0 saturated carbocycles. The molecular formula is C18H32N4O5. The van der Waals surface area contributed by atoms with Crippen molar-refractivity contribution in [3.63, 3.8) is 0 Å². The summed E-state index contributed by atoms with van der Waals surface area (Å²) in [7, 11) is 1.50. The number of rotatable bonds is 11. The first-order chi connectivity index (χ1) is 12.7. The van der Waals surface area contributed by atoms with E-state index < -0.39 is 30.2 Å². The average molecular weight is 384 g/mol. The van der Waals surface area contributed by atoms with Crippen LogP contribution in [-0.2, 0) is 19.1 Å². The van der Waals surface area contributed by atoms with Crippen molar-refractivity contribution in [3.05, 3.63) is 12.7 Å². The molecule has 3 unspecified atom stereocenters. The van der Waals surface area contributed by atoms with E-state index in [9.17, 15) is 14.4 Å². The number of amides is 4. The summed E-state index contributed by atoms with van der Waals surface area (Å²) in [6.45, 7) is 10.2. The summed E-state index contributed by atoms with van der Waals surface area (Å²) < 4.78 is 10.6. The van der Waals surface area contributed by atoms with Crippen LogP contribution in [0.1, 0.15) is 27.2 Å². The van der Waals surface area contributed by atoms with Gasteiger partial charge in [0, 0.05) is 20.2 Å². The molecule has 1 fully saturated rings. The van der Waals surface area contributed by atoms with E-state index in [0.717, 1.165) is 0 Å². The quantitative estimate of drug-likeness (QED) is 0.391. The Hall–Kier alpha value is -1.97. The van der Waals surface area contributed by atoms with Gasteiger partial charge in [-0.15, -0.1) is 6.58 Å². The molecule has 1 aliphatic heterocycles. The average Bonchev–Trinajstić information content (AvgIpc) is 2.60. The third kappa shape index (κ3) is 6.30. The van der Waals surface area contributed by atoms with Gasteiger partial charge < -0.3 is 25.0 Å². The van der Waals surface area contributed by atoms with Gasteiger partial charge in [-0.25, -0.2) is 4.79 Å². The van der Waals surface area contributed by atoms with Gasteiger partial charge in [-0.3, -0.25) is 14.9 Å². The zero-order valence-electron chi connectivity index (χ0n) is 16.6. The van der Waals surface area contributed by atoms with Crippen LogP contribution in [0.5, 0.6) is 0 Å². The minimum absolute atomic E-state index is 0.153. The lowest BCUT2D eigenvalue weighted by Crippen LogP contribution is -2.72. The van der Waals surface area contributed by atoms with E-state index in [2.05, 4.69) is 11.9 Å². The maximum atomic E-state index is 12.9. The molecule has 9 heteroatoms. The fraction of sp³-hybridized carbons (Fsp3) is 0.722. The van der Waals surface area contributed by atoms with Crippen LogP contribution in [0, 0.1) is 5.92 Å². The third-order valence-corrected chi connectivity index (χ3v) is 4.20. The number of imide groups is 1. The number of hydrogen-bond donors (Lipinski definition) is 2. The lowest BCUT2D eigenvalue weighted by molar-refractivity contribution is -0.153. The predicted molar refractivity (Wildman–Crippen MR) is 101 cm³/mol. The fourth-order valence-electron chi connectivity index (χ4n) is 2.84. The van der Waals surface area contributed by atoms with Gasteiger partial charge in [0.05, 0.1) is 13.2 Å². The van der Waals surface area contributed by atoms with Crippen molar-refractivity contribution in [2.45, 2.75) is 45.5 Å². The first-order valence-corrected chi connectivity index (χ1v) is 9.13. The van der Waals surface area contributed by atoms with Crippen LogP contribution in [0.3, 0.4) is 0 Å². The van der Waals surface area contributed by atoms with Gasteiger partial charge in [-0.1, -0.05) is 19.9 Å². The van der Waals surface area contributed by atoms with E-state index in [1.165, 1.54) is 16.9 Å². The van der Waals surface area contributed by atoms with Crippen molar-refractivity contribution in [3.8, 4) is 0 Å². The van der Waals surface area contributed by atoms with Crippen LogP contribution >= 0.6 is 0 Å². The molecule has 3 N–H and O–H groups in total. The lowest BCUT2D eigenvalue weighted by atomic mass is 10.1. The van der Waals surface area contributed by atoms with Crippen molar-refractivity contribution in [1.82, 2.24) is 15.1 Å². The molecular weight excluding hydrogens is 352 g/mol. The number of methoxy groups -OCH3 is 1. The Morgan fingerprint density at radius 1 is 1.37 bits per heavy atom. The Labute approximate surface area is 160 Å². The monoisotopic (exact) mass is 384 g/mol. The molecule has 4 amide bonds. The summed E-state index contributed by atoms with van der Waals surface area (Å²) >= 11 is 0. The van der Waals surface area contributed by atoms with Crippen molar-refractivity contribution in [2.24, 2.45) is 11.7 Å². The largest absolute Gasteiger partial charge is 0.383 e. The summed E-state index contributed by atoms with van der Waals surface area (Å²) in [5.41, 5.74) is 6.24. The van der Waals surface area contributed by atoms with E-state index in [0.29, 0.717) is 19.6 Å². The summed E-state index contributed by atoms with van der Waals surface area (Å²) in [6, 6.07) is -1.57. The summed E-state index contributed by atoms with van der Waals surface area (Å²) in [5.74, 6) is -0.833. The minimum Gasteiger partial charge on any atom is -0.383 e. The first kappa shape index (κ1) is 23.1. The molecule has 0 spiro atoms. The molecule has 0 aromatic rings. The van der Waals surface area contributed by atoms with Gasteiger partial charge in [-0.2, -0.15) is 0 Å². The van der Waals surface area contributed by atoms with Gasteiger partial charge in [0.1, 0.15) is 18.3 Å². The Balaban J connectivity index is 3.04. The number of carbonyl (C=O) groups is 3. The third-order valence-electron chi connectivity index (χ3n) is 4.20. The zero-order valence-corrected chi connectivity index (χ0v) is 16.6. The zero-order chi connectivity index (χ0) is 20.6. The molecule has 1 rings (SSSR count). The van der Waals surface area contributed by atoms with Crippen molar-refractivity contribution < 1.29 is 23.9 Å². The van der Waals surface area contributed by atoms with E-state index in [-0.39, 0.29) is 25.0 Å². The maximum absolute atomic E-state index is 12.9. The molecule has 1 saturated heterocycles. The number of nitrogens with one attached hydrogen (secondary N) is 1. The number of hydrogen-bond acceptors (Lipinski definition) is 6. The van der Waals surface area contributed by atoms with Crippen LogP contribution in [-0.4, -0.2) is 79.4 Å².